The highest BCUT2D eigenvalue weighted by atomic mass is 32.2. The quantitative estimate of drug-likeness (QED) is 0.791. The van der Waals surface area contributed by atoms with Gasteiger partial charge in [-0.3, -0.25) is 14.9 Å². The number of sulfonamides is 1. The number of amides is 1. The monoisotopic (exact) mass is 337 g/mol. The van der Waals surface area contributed by atoms with Gasteiger partial charge in [0.05, 0.1) is 30.2 Å². The van der Waals surface area contributed by atoms with Crippen molar-refractivity contribution in [2.45, 2.75) is 25.3 Å². The van der Waals surface area contributed by atoms with Crippen LogP contribution in [0.5, 0.6) is 0 Å². The summed E-state index contributed by atoms with van der Waals surface area (Å²) < 4.78 is 26.0. The zero-order chi connectivity index (χ0) is 17.0. The Morgan fingerprint density at radius 1 is 1.35 bits per heavy atom. The van der Waals surface area contributed by atoms with Crippen molar-refractivity contribution in [2.24, 2.45) is 0 Å². The van der Waals surface area contributed by atoms with Gasteiger partial charge in [-0.05, 0) is 26.0 Å². The Bertz CT molecular complexity index is 766. The second kappa shape index (κ2) is 6.88. The number of aromatic nitrogens is 3. The van der Waals surface area contributed by atoms with E-state index in [1.807, 2.05) is 6.07 Å². The summed E-state index contributed by atoms with van der Waals surface area (Å²) >= 11 is 0. The lowest BCUT2D eigenvalue weighted by atomic mass is 10.3. The molecule has 0 fully saturated rings. The first-order valence-corrected chi connectivity index (χ1v) is 8.41. The topological polar surface area (TPSA) is 108 Å². The third-order valence-electron chi connectivity index (χ3n) is 3.29. The molecule has 0 aliphatic rings. The summed E-state index contributed by atoms with van der Waals surface area (Å²) in [6.45, 7) is 3.20. The van der Waals surface area contributed by atoms with E-state index >= 15 is 0 Å². The molecule has 0 atom stereocenters. The molecular weight excluding hydrogens is 318 g/mol. The molecule has 2 rings (SSSR count). The summed E-state index contributed by atoms with van der Waals surface area (Å²) in [6, 6.07) is 5.37. The number of pyridine rings is 1. The molecule has 2 aromatic heterocycles. The molecule has 8 nitrogen and oxygen atoms in total. The molecule has 0 saturated heterocycles. The normalized spacial score (nSPS) is 11.7. The van der Waals surface area contributed by atoms with Crippen LogP contribution in [0.1, 0.15) is 17.1 Å². The van der Waals surface area contributed by atoms with Gasteiger partial charge in [0, 0.05) is 13.2 Å². The molecule has 0 aromatic carbocycles. The third kappa shape index (κ3) is 3.93. The number of carbonyl (C=O) groups is 1. The zero-order valence-corrected chi connectivity index (χ0v) is 14.0. The number of rotatable bonds is 6. The van der Waals surface area contributed by atoms with Gasteiger partial charge in [-0.2, -0.15) is 9.40 Å². The number of likely N-dealkylation sites (N-methyl/N-ethyl adjacent to an activating group) is 1. The van der Waals surface area contributed by atoms with Gasteiger partial charge in [0.2, 0.25) is 15.9 Å². The van der Waals surface area contributed by atoms with E-state index in [1.54, 1.807) is 32.2 Å². The molecule has 1 amide bonds. The highest BCUT2D eigenvalue weighted by molar-refractivity contribution is 7.89. The third-order valence-corrected chi connectivity index (χ3v) is 5.36. The Kier molecular flexibility index (Phi) is 5.12. The van der Waals surface area contributed by atoms with E-state index in [-0.39, 0.29) is 18.0 Å². The summed E-state index contributed by atoms with van der Waals surface area (Å²) in [5.74, 6) is -0.402. The molecule has 0 aliphatic carbocycles. The molecule has 2 heterocycles. The van der Waals surface area contributed by atoms with E-state index in [0.29, 0.717) is 17.1 Å². The largest absolute Gasteiger partial charge is 0.349 e. The van der Waals surface area contributed by atoms with Crippen LogP contribution >= 0.6 is 0 Å². The van der Waals surface area contributed by atoms with Crippen LogP contribution in [0.3, 0.4) is 0 Å². The Morgan fingerprint density at radius 2 is 2.09 bits per heavy atom. The second-order valence-electron chi connectivity index (χ2n) is 5.12. The van der Waals surface area contributed by atoms with Gasteiger partial charge in [0.1, 0.15) is 4.90 Å². The maximum atomic E-state index is 12.5. The molecule has 0 radical (unpaired) electrons. The minimum Gasteiger partial charge on any atom is -0.349 e. The fraction of sp³-hybridized carbons (Fsp3) is 0.357. The predicted molar refractivity (Wildman–Crippen MR) is 84.0 cm³/mol. The number of hydrogen-bond donors (Lipinski definition) is 2. The van der Waals surface area contributed by atoms with Crippen LogP contribution in [-0.2, 0) is 21.4 Å². The van der Waals surface area contributed by atoms with Gasteiger partial charge in [-0.1, -0.05) is 6.07 Å². The van der Waals surface area contributed by atoms with Crippen LogP contribution < -0.4 is 5.32 Å². The van der Waals surface area contributed by atoms with Crippen molar-refractivity contribution in [3.05, 3.63) is 41.5 Å². The number of aromatic amines is 1. The molecule has 0 bridgehead atoms. The number of nitrogens with zero attached hydrogens (tertiary/aromatic N) is 3. The van der Waals surface area contributed by atoms with Gasteiger partial charge in [0.25, 0.3) is 0 Å². The Hall–Kier alpha value is -2.26. The van der Waals surface area contributed by atoms with Gasteiger partial charge in [-0.25, -0.2) is 8.42 Å². The van der Waals surface area contributed by atoms with Gasteiger partial charge in [-0.15, -0.1) is 0 Å². The minimum atomic E-state index is -3.77. The summed E-state index contributed by atoms with van der Waals surface area (Å²) in [7, 11) is -2.41. The standard InChI is InChI=1S/C14H19N5O3S/c1-10-14(11(2)18-17-10)23(21,22)19(3)9-13(20)16-8-12-6-4-5-7-15-12/h4-7H,8-9H2,1-3H3,(H,16,20)(H,17,18). The molecular formula is C14H19N5O3S. The summed E-state index contributed by atoms with van der Waals surface area (Å²) in [5, 5.41) is 9.16. The zero-order valence-electron chi connectivity index (χ0n) is 13.2. The maximum absolute atomic E-state index is 12.5. The van der Waals surface area contributed by atoms with E-state index in [4.69, 9.17) is 0 Å². The van der Waals surface area contributed by atoms with Crippen LogP contribution in [0.2, 0.25) is 0 Å². The number of aryl methyl sites for hydroxylation is 2. The first kappa shape index (κ1) is 17.1. The van der Waals surface area contributed by atoms with E-state index in [9.17, 15) is 13.2 Å². The van der Waals surface area contributed by atoms with Gasteiger partial charge >= 0.3 is 0 Å². The van der Waals surface area contributed by atoms with Gasteiger partial charge in [0.15, 0.2) is 0 Å². The van der Waals surface area contributed by atoms with Crippen LogP contribution in [0.4, 0.5) is 0 Å². The average Bonchev–Trinajstić information content (AvgIpc) is 2.85. The minimum absolute atomic E-state index is 0.109. The lowest BCUT2D eigenvalue weighted by molar-refractivity contribution is -0.121. The highest BCUT2D eigenvalue weighted by Gasteiger charge is 2.28. The van der Waals surface area contributed by atoms with Crippen molar-refractivity contribution in [3.63, 3.8) is 0 Å². The second-order valence-corrected chi connectivity index (χ2v) is 7.10. The smallest absolute Gasteiger partial charge is 0.246 e. The molecule has 2 N–H and O–H groups in total. The summed E-state index contributed by atoms with van der Waals surface area (Å²) in [4.78, 5) is 16.1. The van der Waals surface area contributed by atoms with Gasteiger partial charge < -0.3 is 5.32 Å². The molecule has 0 aliphatic heterocycles. The van der Waals surface area contributed by atoms with Crippen molar-refractivity contribution in [1.82, 2.24) is 24.8 Å². The molecule has 124 valence electrons. The van der Waals surface area contributed by atoms with Crippen LogP contribution in [0, 0.1) is 13.8 Å². The van der Waals surface area contributed by atoms with Crippen molar-refractivity contribution in [1.29, 1.82) is 0 Å². The summed E-state index contributed by atoms with van der Waals surface area (Å²) in [5.41, 5.74) is 1.53. The van der Waals surface area contributed by atoms with Crippen LogP contribution in [-0.4, -0.2) is 47.4 Å². The number of carbonyl (C=O) groups excluding carboxylic acids is 1. The highest BCUT2D eigenvalue weighted by Crippen LogP contribution is 2.20. The molecule has 23 heavy (non-hydrogen) atoms. The lowest BCUT2D eigenvalue weighted by Gasteiger charge is -2.17. The molecule has 0 spiro atoms. The number of hydrogen-bond acceptors (Lipinski definition) is 5. The lowest BCUT2D eigenvalue weighted by Crippen LogP contribution is -2.38. The van der Waals surface area contributed by atoms with Crippen molar-refractivity contribution in [3.8, 4) is 0 Å². The Labute approximate surface area is 135 Å². The number of H-pyrrole nitrogens is 1. The molecule has 9 heteroatoms. The maximum Gasteiger partial charge on any atom is 0.246 e. The fourth-order valence-corrected chi connectivity index (χ4v) is 3.56. The molecule has 2 aromatic rings. The average molecular weight is 337 g/mol. The van der Waals surface area contributed by atoms with E-state index < -0.39 is 15.9 Å². The van der Waals surface area contributed by atoms with Crippen molar-refractivity contribution in [2.75, 3.05) is 13.6 Å². The SMILES string of the molecule is Cc1n[nH]c(C)c1S(=O)(=O)N(C)CC(=O)NCc1ccccn1. The Balaban J connectivity index is 2.01. The van der Waals surface area contributed by atoms with E-state index in [1.165, 1.54) is 7.05 Å². The fourth-order valence-electron chi connectivity index (χ4n) is 2.11. The Morgan fingerprint density at radius 3 is 2.65 bits per heavy atom. The first-order valence-electron chi connectivity index (χ1n) is 6.97. The summed E-state index contributed by atoms with van der Waals surface area (Å²) in [6.07, 6.45) is 1.63. The van der Waals surface area contributed by atoms with Crippen LogP contribution in [0.25, 0.3) is 0 Å². The molecule has 0 unspecified atom stereocenters. The van der Waals surface area contributed by atoms with E-state index in [2.05, 4.69) is 20.5 Å². The number of nitrogens with one attached hydrogen (secondary N) is 2. The van der Waals surface area contributed by atoms with Crippen molar-refractivity contribution >= 4 is 15.9 Å². The first-order chi connectivity index (χ1) is 10.8. The van der Waals surface area contributed by atoms with Crippen molar-refractivity contribution < 1.29 is 13.2 Å². The van der Waals surface area contributed by atoms with Crippen LogP contribution in [0.15, 0.2) is 29.3 Å². The molecule has 0 saturated carbocycles. The predicted octanol–water partition coefficient (Wildman–Crippen LogP) is 0.358. The van der Waals surface area contributed by atoms with E-state index in [0.717, 1.165) is 4.31 Å².